The molecule has 0 atom stereocenters. The monoisotopic (exact) mass is 602 g/mol. The zero-order valence-corrected chi connectivity index (χ0v) is 23.0. The molecule has 2 N–H and O–H groups in total. The van der Waals surface area contributed by atoms with E-state index in [2.05, 4.69) is 56.3 Å². The Hall–Kier alpha value is -2.84. The molecule has 6 nitrogen and oxygen atoms in total. The van der Waals surface area contributed by atoms with Crippen molar-refractivity contribution in [1.82, 2.24) is 10.6 Å². The maximum absolute atomic E-state index is 13.0. The first kappa shape index (κ1) is 26.8. The van der Waals surface area contributed by atoms with Gasteiger partial charge in [-0.05, 0) is 78.6 Å². The quantitative estimate of drug-likeness (QED) is 0.259. The Morgan fingerprint density at radius 2 is 1.31 bits per heavy atom. The van der Waals surface area contributed by atoms with Crippen molar-refractivity contribution >= 4 is 43.7 Å². The van der Waals surface area contributed by atoms with Crippen LogP contribution >= 0.6 is 31.9 Å². The summed E-state index contributed by atoms with van der Waals surface area (Å²) in [6, 6.07) is 19.3. The Balaban J connectivity index is 1.90. The van der Waals surface area contributed by atoms with Crippen LogP contribution in [0.4, 0.5) is 0 Å². The molecule has 0 heterocycles. The maximum atomic E-state index is 13.0. The Kier molecular flexibility index (Phi) is 9.74. The van der Waals surface area contributed by atoms with Crippen LogP contribution in [0, 0.1) is 5.92 Å². The number of hydrogen-bond acceptors (Lipinski definition) is 4. The van der Waals surface area contributed by atoms with Crippen LogP contribution in [0.1, 0.15) is 52.7 Å². The van der Waals surface area contributed by atoms with Gasteiger partial charge in [-0.15, -0.1) is 0 Å². The molecule has 0 fully saturated rings. The van der Waals surface area contributed by atoms with Gasteiger partial charge in [-0.3, -0.25) is 9.59 Å². The molecule has 0 saturated heterocycles. The first-order valence-electron chi connectivity index (χ1n) is 11.2. The fourth-order valence-corrected chi connectivity index (χ4v) is 3.75. The fraction of sp³-hybridized carbons (Fsp3) is 0.259. The van der Waals surface area contributed by atoms with Crippen molar-refractivity contribution in [3.8, 4) is 11.5 Å². The Morgan fingerprint density at radius 3 is 1.77 bits per heavy atom. The van der Waals surface area contributed by atoms with Crippen LogP contribution in [0.3, 0.4) is 0 Å². The molecular formula is C27H28Br2N2O4. The van der Waals surface area contributed by atoms with E-state index in [1.54, 1.807) is 73.8 Å². The summed E-state index contributed by atoms with van der Waals surface area (Å²) in [7, 11) is 1.58. The molecule has 0 unspecified atom stereocenters. The molecule has 3 aromatic rings. The summed E-state index contributed by atoms with van der Waals surface area (Å²) >= 11 is 6.76. The molecule has 184 valence electrons. The van der Waals surface area contributed by atoms with E-state index in [1.165, 1.54) is 0 Å². The SMILES string of the molecule is COc1ccc(C(NC(=O)c2ccc(Br)cc2)NC(=O)c2ccc(Br)cc2)cc1OCCC(C)C. The fourth-order valence-electron chi connectivity index (χ4n) is 3.22. The van der Waals surface area contributed by atoms with Gasteiger partial charge in [-0.1, -0.05) is 51.8 Å². The van der Waals surface area contributed by atoms with Crippen molar-refractivity contribution < 1.29 is 19.1 Å². The van der Waals surface area contributed by atoms with E-state index < -0.39 is 6.17 Å². The molecule has 0 aliphatic carbocycles. The lowest BCUT2D eigenvalue weighted by molar-refractivity contribution is 0.0883. The lowest BCUT2D eigenvalue weighted by Gasteiger charge is -2.22. The number of hydrogen-bond donors (Lipinski definition) is 2. The summed E-state index contributed by atoms with van der Waals surface area (Å²) in [6.07, 6.45) is 0.0814. The third-order valence-corrected chi connectivity index (χ3v) is 6.29. The summed E-state index contributed by atoms with van der Waals surface area (Å²) in [5.41, 5.74) is 1.59. The third-order valence-electron chi connectivity index (χ3n) is 5.24. The highest BCUT2D eigenvalue weighted by Crippen LogP contribution is 2.30. The van der Waals surface area contributed by atoms with Crippen LogP contribution < -0.4 is 20.1 Å². The standard InChI is InChI=1S/C27H28Br2N2O4/c1-17(2)14-15-35-24-16-20(8-13-23(24)34-3)25(30-26(32)18-4-9-21(28)10-5-18)31-27(33)19-6-11-22(29)12-7-19/h4-13,16-17,25H,14-15H2,1-3H3,(H,30,32)(H,31,33). The lowest BCUT2D eigenvalue weighted by atomic mass is 10.1. The zero-order valence-electron chi connectivity index (χ0n) is 19.8. The van der Waals surface area contributed by atoms with E-state index in [1.807, 2.05) is 0 Å². The topological polar surface area (TPSA) is 76.7 Å². The van der Waals surface area contributed by atoms with Crippen LogP contribution in [0.2, 0.25) is 0 Å². The van der Waals surface area contributed by atoms with Gasteiger partial charge in [-0.2, -0.15) is 0 Å². The predicted octanol–water partition coefficient (Wildman–Crippen LogP) is 6.50. The predicted molar refractivity (Wildman–Crippen MR) is 144 cm³/mol. The molecule has 0 radical (unpaired) electrons. The van der Waals surface area contributed by atoms with Crippen LogP contribution in [-0.4, -0.2) is 25.5 Å². The summed E-state index contributed by atoms with van der Waals surface area (Å²) in [4.78, 5) is 26.0. The van der Waals surface area contributed by atoms with Gasteiger partial charge in [0.2, 0.25) is 0 Å². The van der Waals surface area contributed by atoms with Crippen LogP contribution in [-0.2, 0) is 0 Å². The number of benzene rings is 3. The molecule has 8 heteroatoms. The van der Waals surface area contributed by atoms with Gasteiger partial charge in [0.1, 0.15) is 6.17 Å². The number of halogens is 2. The van der Waals surface area contributed by atoms with Crippen molar-refractivity contribution in [2.24, 2.45) is 5.92 Å². The van der Waals surface area contributed by atoms with Gasteiger partial charge in [0, 0.05) is 20.1 Å². The molecule has 3 rings (SSSR count). The average molecular weight is 604 g/mol. The highest BCUT2D eigenvalue weighted by molar-refractivity contribution is 9.10. The number of carbonyl (C=O) groups is 2. The Bertz CT molecular complexity index is 1090. The zero-order chi connectivity index (χ0) is 25.4. The summed E-state index contributed by atoms with van der Waals surface area (Å²) in [5.74, 6) is 0.974. The van der Waals surface area contributed by atoms with Gasteiger partial charge < -0.3 is 20.1 Å². The van der Waals surface area contributed by atoms with Crippen LogP contribution in [0.5, 0.6) is 11.5 Å². The van der Waals surface area contributed by atoms with Crippen molar-refractivity contribution in [2.75, 3.05) is 13.7 Å². The van der Waals surface area contributed by atoms with E-state index in [0.29, 0.717) is 40.7 Å². The molecule has 0 saturated carbocycles. The summed E-state index contributed by atoms with van der Waals surface area (Å²) in [6.45, 7) is 4.78. The van der Waals surface area contributed by atoms with Crippen LogP contribution in [0.15, 0.2) is 75.7 Å². The minimum absolute atomic E-state index is 0.322. The van der Waals surface area contributed by atoms with Crippen molar-refractivity contribution in [3.63, 3.8) is 0 Å². The number of ether oxygens (including phenoxy) is 2. The number of amides is 2. The van der Waals surface area contributed by atoms with E-state index in [9.17, 15) is 9.59 Å². The second kappa shape index (κ2) is 12.7. The van der Waals surface area contributed by atoms with Gasteiger partial charge in [0.25, 0.3) is 11.8 Å². The smallest absolute Gasteiger partial charge is 0.253 e. The maximum Gasteiger partial charge on any atom is 0.253 e. The Labute approximate surface area is 222 Å². The second-order valence-electron chi connectivity index (χ2n) is 8.34. The highest BCUT2D eigenvalue weighted by Gasteiger charge is 2.21. The Morgan fingerprint density at radius 1 is 0.800 bits per heavy atom. The first-order valence-corrected chi connectivity index (χ1v) is 12.8. The van der Waals surface area contributed by atoms with E-state index in [0.717, 1.165) is 15.4 Å². The summed E-state index contributed by atoms with van der Waals surface area (Å²) < 4.78 is 13.2. The van der Waals surface area contributed by atoms with Gasteiger partial charge >= 0.3 is 0 Å². The van der Waals surface area contributed by atoms with Gasteiger partial charge in [-0.25, -0.2) is 0 Å². The number of methoxy groups -OCH3 is 1. The van der Waals surface area contributed by atoms with Crippen molar-refractivity contribution in [2.45, 2.75) is 26.4 Å². The number of rotatable bonds is 10. The molecule has 0 aromatic heterocycles. The third kappa shape index (κ3) is 7.83. The van der Waals surface area contributed by atoms with E-state index in [-0.39, 0.29) is 11.8 Å². The summed E-state index contributed by atoms with van der Waals surface area (Å²) in [5, 5.41) is 5.86. The minimum atomic E-state index is -0.805. The molecular weight excluding hydrogens is 576 g/mol. The van der Waals surface area contributed by atoms with Gasteiger partial charge in [0.15, 0.2) is 11.5 Å². The van der Waals surface area contributed by atoms with Gasteiger partial charge in [0.05, 0.1) is 13.7 Å². The molecule has 0 bridgehead atoms. The van der Waals surface area contributed by atoms with E-state index >= 15 is 0 Å². The molecule has 0 aliphatic rings. The van der Waals surface area contributed by atoms with Crippen LogP contribution in [0.25, 0.3) is 0 Å². The van der Waals surface area contributed by atoms with Crippen molar-refractivity contribution in [3.05, 3.63) is 92.4 Å². The lowest BCUT2D eigenvalue weighted by Crippen LogP contribution is -2.41. The molecule has 35 heavy (non-hydrogen) atoms. The molecule has 3 aromatic carbocycles. The van der Waals surface area contributed by atoms with Crippen molar-refractivity contribution in [1.29, 1.82) is 0 Å². The first-order chi connectivity index (χ1) is 16.8. The number of carbonyl (C=O) groups excluding carboxylic acids is 2. The molecule has 0 aliphatic heterocycles. The highest BCUT2D eigenvalue weighted by atomic mass is 79.9. The minimum Gasteiger partial charge on any atom is -0.493 e. The second-order valence-corrected chi connectivity index (χ2v) is 10.2. The number of nitrogens with one attached hydrogen (secondary N) is 2. The normalized spacial score (nSPS) is 10.8. The largest absolute Gasteiger partial charge is 0.493 e. The van der Waals surface area contributed by atoms with E-state index in [4.69, 9.17) is 9.47 Å². The average Bonchev–Trinajstić information content (AvgIpc) is 2.84. The molecule has 0 spiro atoms. The molecule has 2 amide bonds.